The Bertz CT molecular complexity index is 341. The average Bonchev–Trinajstić information content (AvgIpc) is 2.08. The minimum atomic E-state index is 0.659. The Morgan fingerprint density at radius 1 is 1.50 bits per heavy atom. The lowest BCUT2D eigenvalue weighted by Gasteiger charge is -2.06. The van der Waals surface area contributed by atoms with Gasteiger partial charge >= 0.3 is 0 Å². The summed E-state index contributed by atoms with van der Waals surface area (Å²) >= 11 is 5.98. The lowest BCUT2D eigenvalue weighted by Crippen LogP contribution is -1.99. The molecule has 0 aliphatic heterocycles. The van der Waals surface area contributed by atoms with Gasteiger partial charge in [-0.1, -0.05) is 23.3 Å². The molecular weight excluding hydrogens is 196 g/mol. The summed E-state index contributed by atoms with van der Waals surface area (Å²) in [6.45, 7) is 4.91. The van der Waals surface area contributed by atoms with Crippen LogP contribution in [0.25, 0.3) is 0 Å². The predicted octanol–water partition coefficient (Wildman–Crippen LogP) is 3.30. The Hall–Kier alpha value is -1.15. The number of nitrogens with two attached hydrogens (primary N) is 1. The summed E-state index contributed by atoms with van der Waals surface area (Å²) in [4.78, 5) is 0. The average molecular weight is 211 g/mol. The predicted molar refractivity (Wildman–Crippen MR) is 63.8 cm³/mol. The van der Waals surface area contributed by atoms with Crippen molar-refractivity contribution in [2.45, 2.75) is 13.8 Å². The summed E-state index contributed by atoms with van der Waals surface area (Å²) in [7, 11) is 0. The molecule has 0 spiro atoms. The Morgan fingerprint density at radius 2 is 2.21 bits per heavy atom. The van der Waals surface area contributed by atoms with Crippen molar-refractivity contribution in [2.24, 2.45) is 0 Å². The zero-order valence-electron chi connectivity index (χ0n) is 8.47. The van der Waals surface area contributed by atoms with E-state index in [2.05, 4.69) is 25.2 Å². The molecule has 0 bridgehead atoms. The SMILES string of the molecule is CC(C)=CCNc1ccc(N)cc1Cl. The molecule has 0 aliphatic carbocycles. The topological polar surface area (TPSA) is 38.0 Å². The maximum absolute atomic E-state index is 5.98. The minimum absolute atomic E-state index is 0.659. The van der Waals surface area contributed by atoms with Gasteiger partial charge in [0.1, 0.15) is 0 Å². The smallest absolute Gasteiger partial charge is 0.0658 e. The van der Waals surface area contributed by atoms with E-state index in [-0.39, 0.29) is 0 Å². The van der Waals surface area contributed by atoms with Gasteiger partial charge in [0.2, 0.25) is 0 Å². The molecule has 2 nitrogen and oxygen atoms in total. The van der Waals surface area contributed by atoms with E-state index in [1.807, 2.05) is 12.1 Å². The van der Waals surface area contributed by atoms with Gasteiger partial charge < -0.3 is 11.1 Å². The van der Waals surface area contributed by atoms with Gasteiger partial charge in [-0.05, 0) is 32.0 Å². The zero-order chi connectivity index (χ0) is 10.6. The summed E-state index contributed by atoms with van der Waals surface area (Å²) in [6.07, 6.45) is 2.10. The molecule has 0 fully saturated rings. The number of hydrogen-bond donors (Lipinski definition) is 2. The highest BCUT2D eigenvalue weighted by Gasteiger charge is 1.97. The lowest BCUT2D eigenvalue weighted by molar-refractivity contribution is 1.26. The van der Waals surface area contributed by atoms with Crippen LogP contribution in [0, 0.1) is 0 Å². The summed E-state index contributed by atoms with van der Waals surface area (Å²) in [5.74, 6) is 0. The van der Waals surface area contributed by atoms with Crippen molar-refractivity contribution in [3.05, 3.63) is 34.9 Å². The van der Waals surface area contributed by atoms with Gasteiger partial charge in [-0.25, -0.2) is 0 Å². The van der Waals surface area contributed by atoms with Gasteiger partial charge in [0.15, 0.2) is 0 Å². The summed E-state index contributed by atoms with van der Waals surface area (Å²) in [5.41, 5.74) is 8.46. The van der Waals surface area contributed by atoms with Crippen LogP contribution in [0.2, 0.25) is 5.02 Å². The van der Waals surface area contributed by atoms with E-state index in [1.165, 1.54) is 5.57 Å². The molecular formula is C11H15ClN2. The first-order chi connectivity index (χ1) is 6.59. The fraction of sp³-hybridized carbons (Fsp3) is 0.273. The van der Waals surface area contributed by atoms with Crippen LogP contribution in [0.5, 0.6) is 0 Å². The van der Waals surface area contributed by atoms with Crippen LogP contribution < -0.4 is 11.1 Å². The Labute approximate surface area is 89.8 Å². The quantitative estimate of drug-likeness (QED) is 0.594. The molecule has 3 N–H and O–H groups in total. The van der Waals surface area contributed by atoms with E-state index in [9.17, 15) is 0 Å². The van der Waals surface area contributed by atoms with Crippen LogP contribution in [0.3, 0.4) is 0 Å². The summed E-state index contributed by atoms with van der Waals surface area (Å²) in [5, 5.41) is 3.87. The molecule has 0 aliphatic rings. The van der Waals surface area contributed by atoms with E-state index in [4.69, 9.17) is 17.3 Å². The monoisotopic (exact) mass is 210 g/mol. The van der Waals surface area contributed by atoms with Gasteiger partial charge in [-0.3, -0.25) is 0 Å². The first kappa shape index (κ1) is 10.9. The molecule has 0 amide bonds. The van der Waals surface area contributed by atoms with E-state index in [1.54, 1.807) is 6.07 Å². The third-order valence-electron chi connectivity index (χ3n) is 1.80. The van der Waals surface area contributed by atoms with Crippen LogP contribution in [0.15, 0.2) is 29.8 Å². The normalized spacial score (nSPS) is 9.64. The molecule has 0 radical (unpaired) electrons. The third-order valence-corrected chi connectivity index (χ3v) is 2.11. The zero-order valence-corrected chi connectivity index (χ0v) is 9.23. The van der Waals surface area contributed by atoms with Crippen molar-refractivity contribution in [1.29, 1.82) is 0 Å². The second kappa shape index (κ2) is 4.91. The number of rotatable bonds is 3. The second-order valence-electron chi connectivity index (χ2n) is 3.40. The molecule has 0 saturated heterocycles. The molecule has 0 atom stereocenters. The molecule has 76 valence electrons. The summed E-state index contributed by atoms with van der Waals surface area (Å²) < 4.78 is 0. The Kier molecular flexibility index (Phi) is 3.84. The van der Waals surface area contributed by atoms with E-state index in [0.717, 1.165) is 12.2 Å². The number of nitrogens with one attached hydrogen (secondary N) is 1. The van der Waals surface area contributed by atoms with Gasteiger partial charge in [0.05, 0.1) is 10.7 Å². The fourth-order valence-corrected chi connectivity index (χ4v) is 1.30. The molecule has 3 heteroatoms. The van der Waals surface area contributed by atoms with Gasteiger partial charge in [-0.15, -0.1) is 0 Å². The maximum Gasteiger partial charge on any atom is 0.0658 e. The van der Waals surface area contributed by atoms with Crippen molar-refractivity contribution in [1.82, 2.24) is 0 Å². The highest BCUT2D eigenvalue weighted by Crippen LogP contribution is 2.23. The maximum atomic E-state index is 5.98. The van der Waals surface area contributed by atoms with Crippen molar-refractivity contribution < 1.29 is 0 Å². The standard InChI is InChI=1S/C11H15ClN2/c1-8(2)5-6-14-11-4-3-9(13)7-10(11)12/h3-5,7,14H,6,13H2,1-2H3. The molecule has 0 heterocycles. The van der Waals surface area contributed by atoms with Gasteiger partial charge in [0.25, 0.3) is 0 Å². The first-order valence-electron chi connectivity index (χ1n) is 4.52. The van der Waals surface area contributed by atoms with Crippen LogP contribution in [0.4, 0.5) is 11.4 Å². The number of allylic oxidation sites excluding steroid dienone is 1. The Morgan fingerprint density at radius 3 is 2.79 bits per heavy atom. The van der Waals surface area contributed by atoms with Gasteiger partial charge in [-0.2, -0.15) is 0 Å². The highest BCUT2D eigenvalue weighted by molar-refractivity contribution is 6.33. The molecule has 0 saturated carbocycles. The number of benzene rings is 1. The third kappa shape index (κ3) is 3.30. The van der Waals surface area contributed by atoms with Crippen LogP contribution in [0.1, 0.15) is 13.8 Å². The van der Waals surface area contributed by atoms with E-state index >= 15 is 0 Å². The van der Waals surface area contributed by atoms with Crippen LogP contribution >= 0.6 is 11.6 Å². The molecule has 0 unspecified atom stereocenters. The van der Waals surface area contributed by atoms with Crippen molar-refractivity contribution in [2.75, 3.05) is 17.6 Å². The molecule has 1 aromatic rings. The van der Waals surface area contributed by atoms with Crippen molar-refractivity contribution in [3.8, 4) is 0 Å². The summed E-state index contributed by atoms with van der Waals surface area (Å²) in [6, 6.07) is 5.46. The van der Waals surface area contributed by atoms with E-state index < -0.39 is 0 Å². The lowest BCUT2D eigenvalue weighted by atomic mass is 10.2. The van der Waals surface area contributed by atoms with Crippen molar-refractivity contribution in [3.63, 3.8) is 0 Å². The number of anilines is 2. The van der Waals surface area contributed by atoms with Crippen LogP contribution in [-0.4, -0.2) is 6.54 Å². The molecule has 1 aromatic carbocycles. The van der Waals surface area contributed by atoms with Gasteiger partial charge in [0, 0.05) is 12.2 Å². The fourth-order valence-electron chi connectivity index (χ4n) is 1.04. The molecule has 1 rings (SSSR count). The Balaban J connectivity index is 2.64. The molecule has 14 heavy (non-hydrogen) atoms. The van der Waals surface area contributed by atoms with Crippen LogP contribution in [-0.2, 0) is 0 Å². The van der Waals surface area contributed by atoms with Crippen molar-refractivity contribution >= 4 is 23.0 Å². The minimum Gasteiger partial charge on any atom is -0.399 e. The highest BCUT2D eigenvalue weighted by atomic mass is 35.5. The first-order valence-corrected chi connectivity index (χ1v) is 4.89. The number of nitrogen functional groups attached to an aromatic ring is 1. The largest absolute Gasteiger partial charge is 0.399 e. The second-order valence-corrected chi connectivity index (χ2v) is 3.81. The van der Waals surface area contributed by atoms with E-state index in [0.29, 0.717) is 10.7 Å². The number of halogens is 1. The number of hydrogen-bond acceptors (Lipinski definition) is 2. The molecule has 0 aromatic heterocycles.